The van der Waals surface area contributed by atoms with Crippen LogP contribution in [-0.4, -0.2) is 25.4 Å². The molecule has 0 saturated heterocycles. The minimum Gasteiger partial charge on any atom is -0.301 e. The van der Waals surface area contributed by atoms with Crippen molar-refractivity contribution in [1.82, 2.24) is 9.71 Å². The smallest absolute Gasteiger partial charge is 0.244 e. The van der Waals surface area contributed by atoms with Gasteiger partial charge in [0.25, 0.3) is 0 Å². The van der Waals surface area contributed by atoms with E-state index in [1.165, 1.54) is 11.3 Å². The molecule has 4 rings (SSSR count). The van der Waals surface area contributed by atoms with Gasteiger partial charge in [-0.3, -0.25) is 4.79 Å². The Morgan fingerprint density at radius 2 is 1.66 bits per heavy atom. The van der Waals surface area contributed by atoms with Crippen LogP contribution in [0, 0.1) is 13.8 Å². The number of thiazole rings is 1. The lowest BCUT2D eigenvalue weighted by atomic mass is 10.1. The summed E-state index contributed by atoms with van der Waals surface area (Å²) in [6.07, 6.45) is 0.211. The molecular formula is C24H23N3O3S2. The summed E-state index contributed by atoms with van der Waals surface area (Å²) in [6, 6.07) is 20.8. The Balaban J connectivity index is 1.62. The lowest BCUT2D eigenvalue weighted by Gasteiger charge is -2.18. The largest absolute Gasteiger partial charge is 0.301 e. The number of aryl methyl sites for hydroxylation is 2. The number of carbonyl (C=O) groups excluding carboxylic acids is 1. The number of nitrogens with one attached hydrogen (secondary N) is 2. The average molecular weight is 466 g/mol. The van der Waals surface area contributed by atoms with Crippen molar-refractivity contribution in [2.45, 2.75) is 31.2 Å². The van der Waals surface area contributed by atoms with Gasteiger partial charge in [-0.2, -0.15) is 4.72 Å². The van der Waals surface area contributed by atoms with E-state index < -0.39 is 22.0 Å². The number of carbonyl (C=O) groups is 1. The molecule has 1 atom stereocenters. The molecule has 0 aliphatic heterocycles. The van der Waals surface area contributed by atoms with E-state index in [2.05, 4.69) is 15.0 Å². The zero-order valence-electron chi connectivity index (χ0n) is 17.7. The van der Waals surface area contributed by atoms with Gasteiger partial charge in [0.15, 0.2) is 5.13 Å². The van der Waals surface area contributed by atoms with Crippen molar-refractivity contribution in [1.29, 1.82) is 0 Å². The maximum atomic E-state index is 13.2. The fourth-order valence-corrected chi connectivity index (χ4v) is 5.39. The van der Waals surface area contributed by atoms with Crippen LogP contribution in [0.1, 0.15) is 16.1 Å². The summed E-state index contributed by atoms with van der Waals surface area (Å²) < 4.78 is 29.0. The van der Waals surface area contributed by atoms with Gasteiger partial charge in [-0.15, -0.1) is 11.3 Å². The second-order valence-corrected chi connectivity index (χ2v) is 10.4. The molecule has 1 unspecified atom stereocenters. The van der Waals surface area contributed by atoms with E-state index in [0.29, 0.717) is 5.13 Å². The molecular weight excluding hydrogens is 442 g/mol. The summed E-state index contributed by atoms with van der Waals surface area (Å²) in [5, 5.41) is 4.98. The molecule has 32 heavy (non-hydrogen) atoms. The van der Waals surface area contributed by atoms with Crippen LogP contribution in [0.5, 0.6) is 0 Å². The summed E-state index contributed by atoms with van der Waals surface area (Å²) >= 11 is 1.36. The standard InChI is InChI=1S/C24H23N3O3S2/c1-16-17(2)31-24(25-16)26-23(28)22(14-18-8-4-3-5-9-18)27-32(29,30)21-13-12-19-10-6-7-11-20(19)15-21/h3-13,15,22,27H,14H2,1-2H3,(H,25,26,28). The average Bonchev–Trinajstić information content (AvgIpc) is 3.10. The first-order valence-electron chi connectivity index (χ1n) is 10.1. The van der Waals surface area contributed by atoms with Crippen molar-refractivity contribution in [3.8, 4) is 0 Å². The lowest BCUT2D eigenvalue weighted by molar-refractivity contribution is -0.117. The molecule has 8 heteroatoms. The highest BCUT2D eigenvalue weighted by atomic mass is 32.2. The Kier molecular flexibility index (Phi) is 6.36. The van der Waals surface area contributed by atoms with Crippen molar-refractivity contribution in [3.05, 3.63) is 88.9 Å². The molecule has 0 bridgehead atoms. The first kappa shape index (κ1) is 22.1. The summed E-state index contributed by atoms with van der Waals surface area (Å²) in [7, 11) is -3.94. The maximum absolute atomic E-state index is 13.2. The Hall–Kier alpha value is -3.07. The monoisotopic (exact) mass is 465 g/mol. The summed E-state index contributed by atoms with van der Waals surface area (Å²) in [6.45, 7) is 3.79. The van der Waals surface area contributed by atoms with Crippen molar-refractivity contribution < 1.29 is 13.2 Å². The number of rotatable bonds is 7. The number of aromatic nitrogens is 1. The van der Waals surface area contributed by atoms with Gasteiger partial charge >= 0.3 is 0 Å². The number of benzene rings is 3. The number of hydrogen-bond donors (Lipinski definition) is 2. The number of anilines is 1. The normalized spacial score (nSPS) is 12.6. The van der Waals surface area contributed by atoms with E-state index in [4.69, 9.17) is 0 Å². The van der Waals surface area contributed by atoms with E-state index in [9.17, 15) is 13.2 Å². The predicted octanol–water partition coefficient (Wildman–Crippen LogP) is 4.44. The molecule has 1 heterocycles. The number of fused-ring (bicyclic) bond motifs is 1. The SMILES string of the molecule is Cc1nc(NC(=O)C(Cc2ccccc2)NS(=O)(=O)c2ccc3ccccc3c2)sc1C. The molecule has 2 N–H and O–H groups in total. The Bertz CT molecular complexity index is 1350. The molecule has 4 aromatic rings. The van der Waals surface area contributed by atoms with Gasteiger partial charge in [-0.1, -0.05) is 60.7 Å². The summed E-state index contributed by atoms with van der Waals surface area (Å²) in [5.41, 5.74) is 1.68. The lowest BCUT2D eigenvalue weighted by Crippen LogP contribution is -2.45. The molecule has 0 aliphatic carbocycles. The molecule has 164 valence electrons. The van der Waals surface area contributed by atoms with E-state index >= 15 is 0 Å². The molecule has 1 aromatic heterocycles. The molecule has 6 nitrogen and oxygen atoms in total. The number of amides is 1. The molecule has 0 spiro atoms. The van der Waals surface area contributed by atoms with Gasteiger partial charge in [0.1, 0.15) is 6.04 Å². The third-order valence-corrected chi connectivity index (χ3v) is 7.64. The first-order chi connectivity index (χ1) is 15.3. The van der Waals surface area contributed by atoms with E-state index in [1.54, 1.807) is 18.2 Å². The predicted molar refractivity (Wildman–Crippen MR) is 128 cm³/mol. The van der Waals surface area contributed by atoms with Crippen LogP contribution >= 0.6 is 11.3 Å². The highest BCUT2D eigenvalue weighted by molar-refractivity contribution is 7.89. The fraction of sp³-hybridized carbons (Fsp3) is 0.167. The zero-order valence-corrected chi connectivity index (χ0v) is 19.3. The Labute approximate surface area is 191 Å². The molecule has 0 aliphatic rings. The van der Waals surface area contributed by atoms with Crippen molar-refractivity contribution >= 4 is 43.2 Å². The minimum absolute atomic E-state index is 0.114. The number of hydrogen-bond acceptors (Lipinski definition) is 5. The van der Waals surface area contributed by atoms with E-state index in [-0.39, 0.29) is 11.3 Å². The summed E-state index contributed by atoms with van der Waals surface area (Å²) in [5.74, 6) is -0.452. The van der Waals surface area contributed by atoms with Gasteiger partial charge in [0.05, 0.1) is 10.6 Å². The first-order valence-corrected chi connectivity index (χ1v) is 12.4. The van der Waals surface area contributed by atoms with E-state index in [0.717, 1.165) is 26.9 Å². The van der Waals surface area contributed by atoms with Crippen LogP contribution < -0.4 is 10.0 Å². The fourth-order valence-electron chi connectivity index (χ4n) is 3.35. The van der Waals surface area contributed by atoms with Crippen molar-refractivity contribution in [2.75, 3.05) is 5.32 Å². The second-order valence-electron chi connectivity index (χ2n) is 7.52. The van der Waals surface area contributed by atoms with E-state index in [1.807, 2.05) is 68.4 Å². The summed E-state index contributed by atoms with van der Waals surface area (Å²) in [4.78, 5) is 18.5. The topological polar surface area (TPSA) is 88.2 Å². The van der Waals surface area contributed by atoms with Gasteiger partial charge in [0.2, 0.25) is 15.9 Å². The van der Waals surface area contributed by atoms with Crippen LogP contribution in [0.2, 0.25) is 0 Å². The van der Waals surface area contributed by atoms with Crippen LogP contribution in [0.3, 0.4) is 0 Å². The van der Waals surface area contributed by atoms with Crippen molar-refractivity contribution in [2.24, 2.45) is 0 Å². The van der Waals surface area contributed by atoms with Crippen LogP contribution in [0.15, 0.2) is 77.7 Å². The third-order valence-electron chi connectivity index (χ3n) is 5.19. The number of sulfonamides is 1. The van der Waals surface area contributed by atoms with Gasteiger partial charge < -0.3 is 5.32 Å². The quantitative estimate of drug-likeness (QED) is 0.422. The minimum atomic E-state index is -3.94. The maximum Gasteiger partial charge on any atom is 0.244 e. The zero-order chi connectivity index (χ0) is 22.7. The van der Waals surface area contributed by atoms with Crippen molar-refractivity contribution in [3.63, 3.8) is 0 Å². The molecule has 1 amide bonds. The molecule has 0 fully saturated rings. The van der Waals surface area contributed by atoms with Gasteiger partial charge in [-0.25, -0.2) is 13.4 Å². The van der Waals surface area contributed by atoms with Crippen LogP contribution in [-0.2, 0) is 21.2 Å². The molecule has 0 saturated carbocycles. The van der Waals surface area contributed by atoms with Gasteiger partial charge in [-0.05, 0) is 48.7 Å². The highest BCUT2D eigenvalue weighted by Gasteiger charge is 2.27. The molecule has 0 radical (unpaired) electrons. The Morgan fingerprint density at radius 3 is 2.34 bits per heavy atom. The van der Waals surface area contributed by atoms with Crippen LogP contribution in [0.4, 0.5) is 5.13 Å². The molecule has 3 aromatic carbocycles. The highest BCUT2D eigenvalue weighted by Crippen LogP contribution is 2.22. The second kappa shape index (κ2) is 9.20. The third kappa shape index (κ3) is 5.04. The van der Waals surface area contributed by atoms with Gasteiger partial charge in [0, 0.05) is 4.88 Å². The Morgan fingerprint density at radius 1 is 0.969 bits per heavy atom. The van der Waals surface area contributed by atoms with Crippen LogP contribution in [0.25, 0.3) is 10.8 Å². The number of nitrogens with zero attached hydrogens (tertiary/aromatic N) is 1.